The Morgan fingerprint density at radius 3 is 2.53 bits per heavy atom. The van der Waals surface area contributed by atoms with Gasteiger partial charge in [0.2, 0.25) is 10.0 Å². The number of halogens is 1. The van der Waals surface area contributed by atoms with Crippen LogP contribution in [0, 0.1) is 16.7 Å². The summed E-state index contributed by atoms with van der Waals surface area (Å²) in [5, 5.41) is 0.984. The van der Waals surface area contributed by atoms with Gasteiger partial charge < -0.3 is 4.90 Å². The summed E-state index contributed by atoms with van der Waals surface area (Å²) >= 11 is 3.56. The summed E-state index contributed by atoms with van der Waals surface area (Å²) in [6, 6.07) is 5.81. The SMILES string of the molecule is CCC(=O)C1(CS(=O)(=O)n2cc(C3CCN(C)C3)c3cc(Br)ccc32)CCC(C)C1(C)C. The van der Waals surface area contributed by atoms with Crippen LogP contribution in [0.4, 0.5) is 0 Å². The summed E-state index contributed by atoms with van der Waals surface area (Å²) in [4.78, 5) is 15.6. The minimum Gasteiger partial charge on any atom is -0.306 e. The Balaban J connectivity index is 1.84. The monoisotopic (exact) mass is 522 g/mol. The Morgan fingerprint density at radius 1 is 1.25 bits per heavy atom. The largest absolute Gasteiger partial charge is 0.306 e. The van der Waals surface area contributed by atoms with Crippen molar-refractivity contribution < 1.29 is 13.2 Å². The molecule has 0 amide bonds. The Bertz CT molecular complexity index is 1150. The van der Waals surface area contributed by atoms with Crippen molar-refractivity contribution in [3.8, 4) is 0 Å². The zero-order chi connectivity index (χ0) is 23.5. The van der Waals surface area contributed by atoms with E-state index >= 15 is 0 Å². The molecule has 2 aromatic rings. The lowest BCUT2D eigenvalue weighted by atomic mass is 9.63. The summed E-state index contributed by atoms with van der Waals surface area (Å²) in [6.45, 7) is 10.1. The van der Waals surface area contributed by atoms with Gasteiger partial charge in [0.1, 0.15) is 5.78 Å². The van der Waals surface area contributed by atoms with Gasteiger partial charge in [0.05, 0.1) is 16.7 Å². The van der Waals surface area contributed by atoms with E-state index in [9.17, 15) is 13.2 Å². The van der Waals surface area contributed by atoms with Crippen molar-refractivity contribution >= 4 is 42.6 Å². The molecule has 1 saturated carbocycles. The molecule has 5 nitrogen and oxygen atoms in total. The standard InChI is InChI=1S/C25H35BrN2O3S/c1-6-23(29)25(11-9-17(2)24(25,3)4)16-32(30,31)28-15-21(18-10-12-27(5)14-18)20-13-19(26)7-8-22(20)28/h7-8,13,15,17-18H,6,9-12,14,16H2,1-5H3. The number of Topliss-reactive ketones (excluding diaryl/α,β-unsaturated/α-hetero) is 1. The van der Waals surface area contributed by atoms with Crippen LogP contribution in [0.25, 0.3) is 10.9 Å². The van der Waals surface area contributed by atoms with Gasteiger partial charge in [-0.1, -0.05) is 43.6 Å². The maximum Gasteiger partial charge on any atom is 0.240 e. The van der Waals surface area contributed by atoms with Gasteiger partial charge in [-0.3, -0.25) is 4.79 Å². The lowest BCUT2D eigenvalue weighted by Crippen LogP contribution is -2.48. The number of rotatable bonds is 6. The van der Waals surface area contributed by atoms with E-state index in [-0.39, 0.29) is 17.0 Å². The van der Waals surface area contributed by atoms with Crippen LogP contribution in [0.5, 0.6) is 0 Å². The molecule has 3 unspecified atom stereocenters. The number of ketones is 1. The fourth-order valence-corrected chi connectivity index (χ4v) is 8.65. The number of carbonyl (C=O) groups excluding carboxylic acids is 1. The second-order valence-corrected chi connectivity index (χ2v) is 13.3. The Kier molecular flexibility index (Phi) is 6.17. The van der Waals surface area contributed by atoms with Crippen LogP contribution in [0.2, 0.25) is 0 Å². The van der Waals surface area contributed by atoms with E-state index in [4.69, 9.17) is 0 Å². The molecule has 0 N–H and O–H groups in total. The third-order valence-corrected chi connectivity index (χ3v) is 10.9. The molecule has 1 saturated heterocycles. The molecule has 176 valence electrons. The van der Waals surface area contributed by atoms with Gasteiger partial charge in [0.15, 0.2) is 0 Å². The summed E-state index contributed by atoms with van der Waals surface area (Å²) < 4.78 is 30.4. The van der Waals surface area contributed by atoms with Crippen LogP contribution >= 0.6 is 15.9 Å². The number of hydrogen-bond acceptors (Lipinski definition) is 4. The van der Waals surface area contributed by atoms with E-state index < -0.39 is 15.4 Å². The van der Waals surface area contributed by atoms with Gasteiger partial charge in [-0.2, -0.15) is 0 Å². The van der Waals surface area contributed by atoms with E-state index in [1.165, 1.54) is 3.97 Å². The molecule has 3 atom stereocenters. The van der Waals surface area contributed by atoms with Crippen molar-refractivity contribution in [2.75, 3.05) is 25.9 Å². The first kappa shape index (κ1) is 24.0. The number of likely N-dealkylation sites (N-methyl/N-ethyl adjacent to an activating group) is 1. The second kappa shape index (κ2) is 8.24. The number of hydrogen-bond donors (Lipinski definition) is 0. The Labute approximate surface area is 200 Å². The molecular weight excluding hydrogens is 488 g/mol. The van der Waals surface area contributed by atoms with Gasteiger partial charge >= 0.3 is 0 Å². The molecule has 0 bridgehead atoms. The molecule has 0 spiro atoms. The zero-order valence-corrected chi connectivity index (χ0v) is 22.2. The number of aromatic nitrogens is 1. The molecule has 2 aliphatic rings. The average molecular weight is 524 g/mol. The summed E-state index contributed by atoms with van der Waals surface area (Å²) in [5.41, 5.74) is 0.584. The number of likely N-dealkylation sites (tertiary alicyclic amines) is 1. The minimum absolute atomic E-state index is 0.0762. The first-order chi connectivity index (χ1) is 14.9. The first-order valence-electron chi connectivity index (χ1n) is 11.7. The van der Waals surface area contributed by atoms with Crippen LogP contribution in [0.15, 0.2) is 28.9 Å². The van der Waals surface area contributed by atoms with Crippen molar-refractivity contribution in [2.24, 2.45) is 16.7 Å². The van der Waals surface area contributed by atoms with Crippen LogP contribution in [-0.4, -0.2) is 49.0 Å². The number of benzene rings is 1. The maximum absolute atomic E-state index is 14.0. The molecule has 2 fully saturated rings. The van der Waals surface area contributed by atoms with Gasteiger partial charge in [0.25, 0.3) is 0 Å². The van der Waals surface area contributed by atoms with Crippen molar-refractivity contribution in [3.63, 3.8) is 0 Å². The van der Waals surface area contributed by atoms with E-state index in [0.717, 1.165) is 41.4 Å². The van der Waals surface area contributed by atoms with Gasteiger partial charge in [-0.25, -0.2) is 12.4 Å². The Morgan fingerprint density at radius 2 is 1.97 bits per heavy atom. The van der Waals surface area contributed by atoms with Crippen LogP contribution in [0.1, 0.15) is 64.9 Å². The number of carbonyl (C=O) groups is 1. The van der Waals surface area contributed by atoms with Crippen molar-refractivity contribution in [1.29, 1.82) is 0 Å². The highest BCUT2D eigenvalue weighted by Crippen LogP contribution is 2.57. The smallest absolute Gasteiger partial charge is 0.240 e. The Hall–Kier alpha value is -1.18. The maximum atomic E-state index is 14.0. The third-order valence-electron chi connectivity index (χ3n) is 8.65. The van der Waals surface area contributed by atoms with Crippen molar-refractivity contribution in [1.82, 2.24) is 8.87 Å². The highest BCUT2D eigenvalue weighted by atomic mass is 79.9. The van der Waals surface area contributed by atoms with Crippen molar-refractivity contribution in [2.45, 2.75) is 59.3 Å². The number of fused-ring (bicyclic) bond motifs is 1. The van der Waals surface area contributed by atoms with Crippen molar-refractivity contribution in [3.05, 3.63) is 34.4 Å². The molecule has 0 radical (unpaired) electrons. The fraction of sp³-hybridized carbons (Fsp3) is 0.640. The predicted octanol–water partition coefficient (Wildman–Crippen LogP) is 5.42. The molecule has 32 heavy (non-hydrogen) atoms. The topological polar surface area (TPSA) is 59.4 Å². The van der Waals surface area contributed by atoms with Crippen LogP contribution in [0.3, 0.4) is 0 Å². The van der Waals surface area contributed by atoms with E-state index in [0.29, 0.717) is 30.2 Å². The predicted molar refractivity (Wildman–Crippen MR) is 134 cm³/mol. The highest BCUT2D eigenvalue weighted by molar-refractivity contribution is 9.10. The summed E-state index contributed by atoms with van der Waals surface area (Å²) in [6.07, 6.45) is 4.74. The lowest BCUT2D eigenvalue weighted by molar-refractivity contribution is -0.132. The zero-order valence-electron chi connectivity index (χ0n) is 19.8. The molecule has 1 aliphatic carbocycles. The molecule has 7 heteroatoms. The van der Waals surface area contributed by atoms with E-state index in [1.807, 2.05) is 31.3 Å². The second-order valence-electron chi connectivity index (χ2n) is 10.6. The molecule has 2 heterocycles. The van der Waals surface area contributed by atoms with E-state index in [2.05, 4.69) is 48.6 Å². The summed E-state index contributed by atoms with van der Waals surface area (Å²) in [5.74, 6) is 0.554. The summed E-state index contributed by atoms with van der Waals surface area (Å²) in [7, 11) is -1.64. The van der Waals surface area contributed by atoms with Gasteiger partial charge in [-0.05, 0) is 73.9 Å². The normalized spacial score (nSPS) is 28.6. The van der Waals surface area contributed by atoms with Crippen LogP contribution in [-0.2, 0) is 14.8 Å². The number of nitrogens with zero attached hydrogens (tertiary/aromatic N) is 2. The minimum atomic E-state index is -3.75. The molecular formula is C25H35BrN2O3S. The fourth-order valence-electron chi connectivity index (χ4n) is 6.12. The quantitative estimate of drug-likeness (QED) is 0.507. The van der Waals surface area contributed by atoms with Crippen LogP contribution < -0.4 is 0 Å². The lowest BCUT2D eigenvalue weighted by Gasteiger charge is -2.42. The third kappa shape index (κ3) is 3.68. The van der Waals surface area contributed by atoms with E-state index in [1.54, 1.807) is 0 Å². The van der Waals surface area contributed by atoms with Gasteiger partial charge in [-0.15, -0.1) is 0 Å². The molecule has 1 aromatic heterocycles. The first-order valence-corrected chi connectivity index (χ1v) is 14.1. The molecule has 1 aliphatic heterocycles. The highest BCUT2D eigenvalue weighted by Gasteiger charge is 2.58. The molecule has 4 rings (SSSR count). The molecule has 1 aromatic carbocycles. The van der Waals surface area contributed by atoms with Gasteiger partial charge in [0, 0.05) is 29.0 Å². The average Bonchev–Trinajstić information content (AvgIpc) is 3.38.